The summed E-state index contributed by atoms with van der Waals surface area (Å²) in [4.78, 5) is 29.2. The van der Waals surface area contributed by atoms with Gasteiger partial charge in [0.1, 0.15) is 6.04 Å². The minimum atomic E-state index is -0.944. The molecule has 0 bridgehead atoms. The van der Waals surface area contributed by atoms with Crippen molar-refractivity contribution in [2.75, 3.05) is 6.54 Å². The van der Waals surface area contributed by atoms with Crippen LogP contribution in [0.3, 0.4) is 0 Å². The number of nitrogens with zero attached hydrogens (tertiary/aromatic N) is 3. The fourth-order valence-electron chi connectivity index (χ4n) is 3.17. The lowest BCUT2D eigenvalue weighted by Crippen LogP contribution is -2.40. The first-order valence-corrected chi connectivity index (χ1v) is 8.91. The van der Waals surface area contributed by atoms with Gasteiger partial charge in [0, 0.05) is 24.9 Å². The number of amides is 1. The van der Waals surface area contributed by atoms with Gasteiger partial charge >= 0.3 is 5.97 Å². The molecule has 3 rings (SSSR count). The number of aromatic nitrogens is 2. The second-order valence-corrected chi connectivity index (χ2v) is 6.87. The highest BCUT2D eigenvalue weighted by Gasteiger charge is 2.33. The molecule has 1 fully saturated rings. The molecule has 1 amide bonds. The van der Waals surface area contributed by atoms with Crippen LogP contribution in [0.1, 0.15) is 50.5 Å². The van der Waals surface area contributed by atoms with Crippen molar-refractivity contribution in [3.8, 4) is 11.4 Å². The molecule has 138 valence electrons. The Morgan fingerprint density at radius 3 is 2.69 bits per heavy atom. The van der Waals surface area contributed by atoms with Crippen LogP contribution in [0.5, 0.6) is 0 Å². The maximum atomic E-state index is 12.3. The average molecular weight is 357 g/mol. The second kappa shape index (κ2) is 7.68. The van der Waals surface area contributed by atoms with Crippen molar-refractivity contribution in [2.45, 2.75) is 51.5 Å². The highest BCUT2D eigenvalue weighted by molar-refractivity contribution is 5.84. The summed E-state index contributed by atoms with van der Waals surface area (Å²) in [7, 11) is 0. The van der Waals surface area contributed by atoms with E-state index >= 15 is 0 Å². The van der Waals surface area contributed by atoms with E-state index in [2.05, 4.69) is 24.0 Å². The summed E-state index contributed by atoms with van der Waals surface area (Å²) in [5.74, 6) is 0.201. The smallest absolute Gasteiger partial charge is 0.326 e. The summed E-state index contributed by atoms with van der Waals surface area (Å²) in [6, 6.07) is 7.28. The Labute approximate surface area is 152 Å². The zero-order valence-electron chi connectivity index (χ0n) is 15.0. The maximum absolute atomic E-state index is 12.3. The van der Waals surface area contributed by atoms with Gasteiger partial charge in [-0.25, -0.2) is 4.79 Å². The largest absolute Gasteiger partial charge is 0.480 e. The fourth-order valence-corrected chi connectivity index (χ4v) is 3.17. The molecule has 0 unspecified atom stereocenters. The highest BCUT2D eigenvalue weighted by atomic mass is 16.5. The van der Waals surface area contributed by atoms with E-state index < -0.39 is 12.0 Å². The molecule has 2 heterocycles. The number of hydrogen-bond donors (Lipinski definition) is 1. The molecule has 0 saturated carbocycles. The Balaban J connectivity index is 1.60. The quantitative estimate of drug-likeness (QED) is 0.854. The molecule has 7 nitrogen and oxygen atoms in total. The molecule has 1 N–H and O–H groups in total. The number of likely N-dealkylation sites (tertiary alicyclic amines) is 1. The van der Waals surface area contributed by atoms with Gasteiger partial charge in [-0.05, 0) is 24.3 Å². The number of carbonyl (C=O) groups excluding carboxylic acids is 1. The Kier molecular flexibility index (Phi) is 5.35. The molecule has 26 heavy (non-hydrogen) atoms. The van der Waals surface area contributed by atoms with Crippen molar-refractivity contribution in [1.29, 1.82) is 0 Å². The van der Waals surface area contributed by atoms with E-state index in [1.807, 2.05) is 24.3 Å². The zero-order valence-corrected chi connectivity index (χ0v) is 15.0. The monoisotopic (exact) mass is 357 g/mol. The van der Waals surface area contributed by atoms with Crippen LogP contribution in [-0.4, -0.2) is 44.6 Å². The van der Waals surface area contributed by atoms with Crippen molar-refractivity contribution < 1.29 is 19.2 Å². The Morgan fingerprint density at radius 2 is 2.04 bits per heavy atom. The summed E-state index contributed by atoms with van der Waals surface area (Å²) in [6.45, 7) is 4.76. The van der Waals surface area contributed by atoms with Crippen LogP contribution >= 0.6 is 0 Å². The van der Waals surface area contributed by atoms with E-state index in [1.165, 1.54) is 10.5 Å². The van der Waals surface area contributed by atoms with Crippen molar-refractivity contribution in [3.63, 3.8) is 0 Å². The third-order valence-electron chi connectivity index (χ3n) is 4.71. The third-order valence-corrected chi connectivity index (χ3v) is 4.71. The van der Waals surface area contributed by atoms with Gasteiger partial charge in [-0.3, -0.25) is 4.79 Å². The number of hydrogen-bond acceptors (Lipinski definition) is 5. The van der Waals surface area contributed by atoms with Crippen LogP contribution in [0.4, 0.5) is 0 Å². The standard InChI is InChI=1S/C19H23N3O4/c1-12(2)13-5-7-14(8-6-13)18-20-16(26-21-18)9-10-17(23)22-11-3-4-15(22)19(24)25/h5-8,12,15H,3-4,9-11H2,1-2H3,(H,24,25)/t15-/m0/s1. The number of carbonyl (C=O) groups is 2. The lowest BCUT2D eigenvalue weighted by molar-refractivity contribution is -0.148. The molecule has 0 spiro atoms. The average Bonchev–Trinajstić information content (AvgIpc) is 3.29. The summed E-state index contributed by atoms with van der Waals surface area (Å²) in [5.41, 5.74) is 2.10. The first kappa shape index (κ1) is 18.1. The van der Waals surface area contributed by atoms with Crippen LogP contribution in [0.25, 0.3) is 11.4 Å². The van der Waals surface area contributed by atoms with Crippen LogP contribution in [-0.2, 0) is 16.0 Å². The Bertz CT molecular complexity index is 782. The van der Waals surface area contributed by atoms with Gasteiger partial charge in [-0.15, -0.1) is 0 Å². The lowest BCUT2D eigenvalue weighted by Gasteiger charge is -2.20. The fraction of sp³-hybridized carbons (Fsp3) is 0.474. The first-order chi connectivity index (χ1) is 12.5. The number of carboxylic acid groups (broad SMARTS) is 1. The van der Waals surface area contributed by atoms with Gasteiger partial charge < -0.3 is 14.5 Å². The SMILES string of the molecule is CC(C)c1ccc(-c2noc(CCC(=O)N3CCC[C@H]3C(=O)O)n2)cc1. The predicted octanol–water partition coefficient (Wildman–Crippen LogP) is 2.87. The summed E-state index contributed by atoms with van der Waals surface area (Å²) >= 11 is 0. The molecule has 1 aromatic heterocycles. The Hall–Kier alpha value is -2.70. The molecule has 0 radical (unpaired) electrons. The number of benzene rings is 1. The molecule has 2 aromatic rings. The minimum absolute atomic E-state index is 0.164. The number of aliphatic carboxylic acids is 1. The molecule has 0 aliphatic carbocycles. The van der Waals surface area contributed by atoms with Crippen LogP contribution in [0, 0.1) is 0 Å². The van der Waals surface area contributed by atoms with Gasteiger partial charge in [0.05, 0.1) is 0 Å². The molecule has 1 aliphatic rings. The van der Waals surface area contributed by atoms with Gasteiger partial charge in [0.15, 0.2) is 0 Å². The van der Waals surface area contributed by atoms with E-state index in [-0.39, 0.29) is 12.3 Å². The molecule has 7 heteroatoms. The lowest BCUT2D eigenvalue weighted by atomic mass is 10.0. The van der Waals surface area contributed by atoms with Crippen molar-refractivity contribution in [2.24, 2.45) is 0 Å². The van der Waals surface area contributed by atoms with E-state index in [0.29, 0.717) is 37.0 Å². The van der Waals surface area contributed by atoms with E-state index in [9.17, 15) is 9.59 Å². The highest BCUT2D eigenvalue weighted by Crippen LogP contribution is 2.22. The van der Waals surface area contributed by atoms with E-state index in [4.69, 9.17) is 9.63 Å². The second-order valence-electron chi connectivity index (χ2n) is 6.87. The number of carboxylic acids is 1. The minimum Gasteiger partial charge on any atom is -0.480 e. The van der Waals surface area contributed by atoms with E-state index in [0.717, 1.165) is 12.0 Å². The number of aryl methyl sites for hydroxylation is 1. The molecular formula is C19H23N3O4. The van der Waals surface area contributed by atoms with E-state index in [1.54, 1.807) is 0 Å². The summed E-state index contributed by atoms with van der Waals surface area (Å²) in [5, 5.41) is 13.1. The van der Waals surface area contributed by atoms with Gasteiger partial charge in [-0.1, -0.05) is 43.3 Å². The maximum Gasteiger partial charge on any atom is 0.326 e. The van der Waals surface area contributed by atoms with Crippen molar-refractivity contribution in [1.82, 2.24) is 15.0 Å². The van der Waals surface area contributed by atoms with Gasteiger partial charge in [0.2, 0.25) is 17.6 Å². The van der Waals surface area contributed by atoms with Crippen molar-refractivity contribution in [3.05, 3.63) is 35.7 Å². The van der Waals surface area contributed by atoms with Crippen LogP contribution in [0.15, 0.2) is 28.8 Å². The summed E-state index contributed by atoms with van der Waals surface area (Å²) < 4.78 is 5.24. The Morgan fingerprint density at radius 1 is 1.31 bits per heavy atom. The topological polar surface area (TPSA) is 96.5 Å². The van der Waals surface area contributed by atoms with Crippen LogP contribution < -0.4 is 0 Å². The molecule has 1 aliphatic heterocycles. The molecule has 1 aromatic carbocycles. The molecule has 1 saturated heterocycles. The van der Waals surface area contributed by atoms with Crippen LogP contribution in [0.2, 0.25) is 0 Å². The zero-order chi connectivity index (χ0) is 18.7. The van der Waals surface area contributed by atoms with Crippen molar-refractivity contribution >= 4 is 11.9 Å². The van der Waals surface area contributed by atoms with Gasteiger partial charge in [-0.2, -0.15) is 4.98 Å². The normalized spacial score (nSPS) is 17.0. The van der Waals surface area contributed by atoms with Gasteiger partial charge in [0.25, 0.3) is 0 Å². The molecule has 1 atom stereocenters. The third kappa shape index (κ3) is 3.92. The predicted molar refractivity (Wildman–Crippen MR) is 94.5 cm³/mol. The number of rotatable bonds is 6. The first-order valence-electron chi connectivity index (χ1n) is 8.91. The molecular weight excluding hydrogens is 334 g/mol. The summed E-state index contributed by atoms with van der Waals surface area (Å²) in [6.07, 6.45) is 1.70.